The van der Waals surface area contributed by atoms with Crippen molar-refractivity contribution in [1.82, 2.24) is 4.90 Å². The first kappa shape index (κ1) is 15.9. The zero-order valence-corrected chi connectivity index (χ0v) is 12.8. The minimum Gasteiger partial charge on any atom is -0.401 e. The molecule has 0 aliphatic carbocycles. The summed E-state index contributed by atoms with van der Waals surface area (Å²) in [4.78, 5) is 35.3. The molecule has 9 heteroatoms. The fourth-order valence-corrected chi connectivity index (χ4v) is 2.87. The minimum atomic E-state index is -0.697. The number of hydrogen-bond donors (Lipinski definition) is 0. The summed E-state index contributed by atoms with van der Waals surface area (Å²) < 4.78 is 17.8. The van der Waals surface area contributed by atoms with E-state index >= 15 is 0 Å². The average molecular weight is 348 g/mol. The number of carbonyl (C=O) groups excluding carboxylic acids is 2. The van der Waals surface area contributed by atoms with Gasteiger partial charge >= 0.3 is 5.88 Å². The van der Waals surface area contributed by atoms with Crippen LogP contribution in [-0.2, 0) is 11.3 Å². The molecule has 1 aromatic heterocycles. The summed E-state index contributed by atoms with van der Waals surface area (Å²) in [5, 5.41) is 10.1. The molecule has 24 heavy (non-hydrogen) atoms. The van der Waals surface area contributed by atoms with Crippen LogP contribution in [0.5, 0.6) is 0 Å². The normalized spacial score (nSPS) is 16.2. The van der Waals surface area contributed by atoms with E-state index in [-0.39, 0.29) is 17.2 Å². The van der Waals surface area contributed by atoms with Gasteiger partial charge in [0.15, 0.2) is 0 Å². The molecule has 7 nitrogen and oxygen atoms in total. The summed E-state index contributed by atoms with van der Waals surface area (Å²) in [6, 6.07) is 7.95. The quantitative estimate of drug-likeness (QED) is 0.476. The van der Waals surface area contributed by atoms with E-state index in [1.165, 1.54) is 36.4 Å². The molecule has 0 unspecified atom stereocenters. The van der Waals surface area contributed by atoms with Crippen molar-refractivity contribution in [1.29, 1.82) is 0 Å². The van der Waals surface area contributed by atoms with Crippen molar-refractivity contribution in [2.45, 2.75) is 6.54 Å². The topological polar surface area (TPSA) is 93.7 Å². The Morgan fingerprint density at radius 1 is 1.21 bits per heavy atom. The Morgan fingerprint density at radius 2 is 1.92 bits per heavy atom. The third kappa shape index (κ3) is 3.20. The number of furan rings is 1. The van der Waals surface area contributed by atoms with Gasteiger partial charge in [-0.1, -0.05) is 12.1 Å². The second-order valence-corrected chi connectivity index (χ2v) is 5.82. The minimum absolute atomic E-state index is 0.0145. The number of nitrogens with zero attached hydrogens (tertiary/aromatic N) is 2. The highest BCUT2D eigenvalue weighted by Gasteiger charge is 2.35. The van der Waals surface area contributed by atoms with Crippen LogP contribution in [0.1, 0.15) is 11.3 Å². The molecule has 0 N–H and O–H groups in total. The Kier molecular flexibility index (Phi) is 4.17. The lowest BCUT2D eigenvalue weighted by molar-refractivity contribution is -0.402. The van der Waals surface area contributed by atoms with Crippen LogP contribution >= 0.6 is 11.8 Å². The number of amides is 2. The summed E-state index contributed by atoms with van der Waals surface area (Å²) >= 11 is 0.711. The van der Waals surface area contributed by atoms with Crippen LogP contribution in [0.4, 0.5) is 15.1 Å². The molecular formula is C15H9FN2O5S. The lowest BCUT2D eigenvalue weighted by Gasteiger charge is -2.12. The monoisotopic (exact) mass is 348 g/mol. The van der Waals surface area contributed by atoms with Gasteiger partial charge in [0.25, 0.3) is 11.1 Å². The molecule has 1 aromatic carbocycles. The van der Waals surface area contributed by atoms with Gasteiger partial charge in [0.1, 0.15) is 16.5 Å². The fourth-order valence-electron chi connectivity index (χ4n) is 2.06. The average Bonchev–Trinajstić information content (AvgIpc) is 3.10. The number of thioether (sulfide) groups is 1. The Hall–Kier alpha value is -2.94. The highest BCUT2D eigenvalue weighted by Crippen LogP contribution is 2.34. The molecule has 0 spiro atoms. The standard InChI is InChI=1S/C15H9FN2O5S/c16-10-3-1-9(2-4-10)8-17-14(19)12(24-15(17)20)7-11-5-6-13(23-11)18(21)22/h1-7H,8H2/b12-7-. The van der Waals surface area contributed by atoms with E-state index in [0.717, 1.165) is 11.0 Å². The van der Waals surface area contributed by atoms with Crippen LogP contribution in [0.3, 0.4) is 0 Å². The van der Waals surface area contributed by atoms with Crippen molar-refractivity contribution in [3.8, 4) is 0 Å². The summed E-state index contributed by atoms with van der Waals surface area (Å²) in [5.74, 6) is -1.29. The predicted molar refractivity (Wildman–Crippen MR) is 83.3 cm³/mol. The first-order valence-corrected chi connectivity index (χ1v) is 7.50. The van der Waals surface area contributed by atoms with Crippen LogP contribution in [0, 0.1) is 15.9 Å². The molecule has 1 fully saturated rings. The van der Waals surface area contributed by atoms with E-state index in [9.17, 15) is 24.1 Å². The van der Waals surface area contributed by atoms with E-state index in [1.54, 1.807) is 0 Å². The number of rotatable bonds is 4. The van der Waals surface area contributed by atoms with Gasteiger partial charge in [-0.2, -0.15) is 0 Å². The van der Waals surface area contributed by atoms with Gasteiger partial charge in [-0.25, -0.2) is 4.39 Å². The first-order valence-electron chi connectivity index (χ1n) is 6.68. The van der Waals surface area contributed by atoms with Gasteiger partial charge < -0.3 is 4.42 Å². The van der Waals surface area contributed by atoms with Crippen molar-refractivity contribution in [3.05, 3.63) is 68.6 Å². The summed E-state index contributed by atoms with van der Waals surface area (Å²) in [6.07, 6.45) is 1.28. The van der Waals surface area contributed by atoms with Gasteiger partial charge in [0, 0.05) is 6.08 Å². The number of halogens is 1. The lowest BCUT2D eigenvalue weighted by atomic mass is 10.2. The van der Waals surface area contributed by atoms with Crippen molar-refractivity contribution >= 4 is 34.9 Å². The molecule has 0 saturated carbocycles. The molecule has 3 rings (SSSR count). The molecular weight excluding hydrogens is 339 g/mol. The third-order valence-electron chi connectivity index (χ3n) is 3.19. The van der Waals surface area contributed by atoms with Gasteiger partial charge in [-0.3, -0.25) is 24.6 Å². The van der Waals surface area contributed by atoms with Crippen LogP contribution in [0.2, 0.25) is 0 Å². The molecule has 0 bridgehead atoms. The van der Waals surface area contributed by atoms with E-state index in [0.29, 0.717) is 17.3 Å². The fraction of sp³-hybridized carbons (Fsp3) is 0.0667. The number of benzene rings is 1. The molecule has 122 valence electrons. The molecule has 1 aliphatic heterocycles. The van der Waals surface area contributed by atoms with Gasteiger partial charge in [0.2, 0.25) is 0 Å². The molecule has 1 saturated heterocycles. The Balaban J connectivity index is 1.79. The Bertz CT molecular complexity index is 859. The van der Waals surface area contributed by atoms with Crippen LogP contribution < -0.4 is 0 Å². The molecule has 0 radical (unpaired) electrons. The zero-order chi connectivity index (χ0) is 17.3. The summed E-state index contributed by atoms with van der Waals surface area (Å²) in [5.41, 5.74) is 0.605. The molecule has 2 amide bonds. The lowest BCUT2D eigenvalue weighted by Crippen LogP contribution is -2.27. The number of carbonyl (C=O) groups is 2. The molecule has 2 heterocycles. The second kappa shape index (κ2) is 6.28. The van der Waals surface area contributed by atoms with E-state index < -0.39 is 27.8 Å². The van der Waals surface area contributed by atoms with Crippen LogP contribution in [0.15, 0.2) is 45.7 Å². The van der Waals surface area contributed by atoms with E-state index in [1.807, 2.05) is 0 Å². The first-order chi connectivity index (χ1) is 11.4. The highest BCUT2D eigenvalue weighted by molar-refractivity contribution is 8.18. The van der Waals surface area contributed by atoms with Crippen LogP contribution in [-0.4, -0.2) is 21.0 Å². The van der Waals surface area contributed by atoms with Crippen molar-refractivity contribution in [2.24, 2.45) is 0 Å². The number of hydrogen-bond acceptors (Lipinski definition) is 6. The van der Waals surface area contributed by atoms with Crippen molar-refractivity contribution in [2.75, 3.05) is 0 Å². The van der Waals surface area contributed by atoms with Gasteiger partial charge in [-0.15, -0.1) is 0 Å². The highest BCUT2D eigenvalue weighted by atomic mass is 32.2. The molecule has 0 atom stereocenters. The maximum Gasteiger partial charge on any atom is 0.433 e. The summed E-state index contributed by atoms with van der Waals surface area (Å²) in [7, 11) is 0. The second-order valence-electron chi connectivity index (χ2n) is 4.83. The maximum atomic E-state index is 12.9. The zero-order valence-electron chi connectivity index (χ0n) is 12.0. The molecule has 1 aliphatic rings. The van der Waals surface area contributed by atoms with Gasteiger partial charge in [0.05, 0.1) is 17.5 Å². The maximum absolute atomic E-state index is 12.9. The van der Waals surface area contributed by atoms with Crippen molar-refractivity contribution in [3.63, 3.8) is 0 Å². The third-order valence-corrected chi connectivity index (χ3v) is 4.10. The van der Waals surface area contributed by atoms with E-state index in [2.05, 4.69) is 0 Å². The SMILES string of the molecule is O=C1S/C(=C\c2ccc([N+](=O)[O-])o2)C(=O)N1Cc1ccc(F)cc1. The predicted octanol–water partition coefficient (Wildman–Crippen LogP) is 3.56. The largest absolute Gasteiger partial charge is 0.433 e. The van der Waals surface area contributed by atoms with E-state index in [4.69, 9.17) is 4.42 Å². The van der Waals surface area contributed by atoms with Crippen molar-refractivity contribution < 1.29 is 23.3 Å². The van der Waals surface area contributed by atoms with Gasteiger partial charge in [-0.05, 0) is 35.5 Å². The van der Waals surface area contributed by atoms with Crippen LogP contribution in [0.25, 0.3) is 6.08 Å². The Labute approximate surface area is 138 Å². The summed E-state index contributed by atoms with van der Waals surface area (Å²) in [6.45, 7) is 0.0145. The Morgan fingerprint density at radius 3 is 2.54 bits per heavy atom. The smallest absolute Gasteiger partial charge is 0.401 e. The molecule has 2 aromatic rings. The number of nitro groups is 1. The number of imide groups is 1.